The van der Waals surface area contributed by atoms with Gasteiger partial charge in [-0.25, -0.2) is 8.42 Å². The third-order valence-corrected chi connectivity index (χ3v) is 8.13. The minimum Gasteiger partial charge on any atom is -0.336 e. The molecule has 0 aliphatic carbocycles. The van der Waals surface area contributed by atoms with Gasteiger partial charge in [0.25, 0.3) is 15.9 Å². The molecule has 0 bridgehead atoms. The van der Waals surface area contributed by atoms with Gasteiger partial charge in [0.2, 0.25) is 0 Å². The van der Waals surface area contributed by atoms with Gasteiger partial charge in [-0.3, -0.25) is 14.4 Å². The fraction of sp³-hybridized carbons (Fsp3) is 0.480. The lowest BCUT2D eigenvalue weighted by molar-refractivity contribution is 0.0627. The molecule has 0 unspecified atom stereocenters. The maximum absolute atomic E-state index is 13.3. The molecule has 2 heterocycles. The van der Waals surface area contributed by atoms with E-state index in [0.29, 0.717) is 29.9 Å². The maximum Gasteiger partial charge on any atom is 0.262 e. The van der Waals surface area contributed by atoms with Crippen molar-refractivity contribution in [2.45, 2.75) is 31.6 Å². The predicted molar refractivity (Wildman–Crippen MR) is 131 cm³/mol. The van der Waals surface area contributed by atoms with Gasteiger partial charge in [0, 0.05) is 39.3 Å². The van der Waals surface area contributed by atoms with Crippen molar-refractivity contribution >= 4 is 21.6 Å². The number of amides is 1. The number of hydrogen-bond donors (Lipinski definition) is 1. The van der Waals surface area contributed by atoms with Crippen molar-refractivity contribution in [3.8, 4) is 0 Å². The van der Waals surface area contributed by atoms with Crippen LogP contribution in [0.3, 0.4) is 0 Å². The highest BCUT2D eigenvalue weighted by atomic mass is 32.2. The molecule has 4 rings (SSSR count). The number of carbonyl (C=O) groups excluding carboxylic acids is 1. The molecule has 2 saturated heterocycles. The Kier molecular flexibility index (Phi) is 7.36. The van der Waals surface area contributed by atoms with E-state index in [1.807, 2.05) is 17.9 Å². The van der Waals surface area contributed by atoms with Crippen LogP contribution in [0.1, 0.15) is 34.3 Å². The van der Waals surface area contributed by atoms with Gasteiger partial charge in [0.1, 0.15) is 0 Å². The monoisotopic (exact) mass is 470 g/mol. The molecule has 2 aromatic rings. The van der Waals surface area contributed by atoms with E-state index in [9.17, 15) is 13.2 Å². The molecule has 1 amide bonds. The number of nitrogens with zero attached hydrogens (tertiary/aromatic N) is 3. The minimum atomic E-state index is -3.81. The van der Waals surface area contributed by atoms with E-state index < -0.39 is 10.0 Å². The zero-order valence-corrected chi connectivity index (χ0v) is 20.4. The van der Waals surface area contributed by atoms with Crippen LogP contribution in [-0.2, 0) is 10.0 Å². The molecule has 8 heteroatoms. The van der Waals surface area contributed by atoms with Crippen LogP contribution in [0.5, 0.6) is 0 Å². The molecule has 0 radical (unpaired) electrons. The smallest absolute Gasteiger partial charge is 0.262 e. The van der Waals surface area contributed by atoms with E-state index in [2.05, 4.69) is 14.5 Å². The van der Waals surface area contributed by atoms with Crippen LogP contribution in [0.4, 0.5) is 5.69 Å². The molecular weight excluding hydrogens is 436 g/mol. The molecule has 0 saturated carbocycles. The topological polar surface area (TPSA) is 73.0 Å². The number of likely N-dealkylation sites (tertiary alicyclic amines) is 1. The van der Waals surface area contributed by atoms with Crippen molar-refractivity contribution in [1.29, 1.82) is 0 Å². The van der Waals surface area contributed by atoms with Crippen molar-refractivity contribution in [3.63, 3.8) is 0 Å². The SMILES string of the molecule is Cc1ccc(C)c(S(=O)(=O)Nc2ccccc2C(=O)N2CCN(CCN3CCCC3)CC2)c1. The summed E-state index contributed by atoms with van der Waals surface area (Å²) in [7, 11) is -3.81. The lowest BCUT2D eigenvalue weighted by atomic mass is 10.1. The predicted octanol–water partition coefficient (Wildman–Crippen LogP) is 2.96. The van der Waals surface area contributed by atoms with Crippen LogP contribution < -0.4 is 4.72 Å². The first-order valence-corrected chi connectivity index (χ1v) is 13.2. The molecule has 2 fully saturated rings. The van der Waals surface area contributed by atoms with Gasteiger partial charge in [-0.05, 0) is 69.1 Å². The number of para-hydroxylation sites is 1. The Balaban J connectivity index is 1.42. The highest BCUT2D eigenvalue weighted by Gasteiger charge is 2.26. The summed E-state index contributed by atoms with van der Waals surface area (Å²) in [5.41, 5.74) is 2.24. The van der Waals surface area contributed by atoms with E-state index in [1.165, 1.54) is 25.9 Å². The Hall–Kier alpha value is -2.42. The quantitative estimate of drug-likeness (QED) is 0.674. The van der Waals surface area contributed by atoms with Gasteiger partial charge in [-0.15, -0.1) is 0 Å². The highest BCUT2D eigenvalue weighted by molar-refractivity contribution is 7.92. The van der Waals surface area contributed by atoms with Crippen molar-refractivity contribution in [1.82, 2.24) is 14.7 Å². The van der Waals surface area contributed by atoms with E-state index in [-0.39, 0.29) is 10.8 Å². The third-order valence-electron chi connectivity index (χ3n) is 6.63. The molecule has 2 aliphatic heterocycles. The van der Waals surface area contributed by atoms with E-state index in [0.717, 1.165) is 31.7 Å². The third kappa shape index (κ3) is 5.75. The number of rotatable bonds is 7. The van der Waals surface area contributed by atoms with E-state index in [4.69, 9.17) is 0 Å². The molecule has 0 aromatic heterocycles. The summed E-state index contributed by atoms with van der Waals surface area (Å²) in [6.45, 7) is 11.2. The van der Waals surface area contributed by atoms with Gasteiger partial charge in [0.05, 0.1) is 16.1 Å². The van der Waals surface area contributed by atoms with Crippen LogP contribution in [-0.4, -0.2) is 81.4 Å². The lowest BCUT2D eigenvalue weighted by Gasteiger charge is -2.35. The standard InChI is InChI=1S/C25H34N4O3S/c1-20-9-10-21(2)24(19-20)33(31,32)26-23-8-4-3-7-22(23)25(30)29-17-15-28(16-18-29)14-13-27-11-5-6-12-27/h3-4,7-10,19,26H,5-6,11-18H2,1-2H3. The molecule has 2 aromatic carbocycles. The molecule has 178 valence electrons. The van der Waals surface area contributed by atoms with Crippen LogP contribution in [0.25, 0.3) is 0 Å². The van der Waals surface area contributed by atoms with Gasteiger partial charge < -0.3 is 9.80 Å². The van der Waals surface area contributed by atoms with Gasteiger partial charge in [0.15, 0.2) is 0 Å². The molecule has 33 heavy (non-hydrogen) atoms. The Bertz CT molecular complexity index is 1090. The summed E-state index contributed by atoms with van der Waals surface area (Å²) in [5.74, 6) is -0.131. The fourth-order valence-corrected chi connectivity index (χ4v) is 6.00. The largest absolute Gasteiger partial charge is 0.336 e. The summed E-state index contributed by atoms with van der Waals surface area (Å²) in [5, 5.41) is 0. The van der Waals surface area contributed by atoms with Gasteiger partial charge >= 0.3 is 0 Å². The summed E-state index contributed by atoms with van der Waals surface area (Å²) in [4.78, 5) is 20.3. The van der Waals surface area contributed by atoms with Crippen LogP contribution >= 0.6 is 0 Å². The number of hydrogen-bond acceptors (Lipinski definition) is 5. The zero-order valence-electron chi connectivity index (χ0n) is 19.6. The van der Waals surface area contributed by atoms with Crippen molar-refractivity contribution in [3.05, 3.63) is 59.2 Å². The summed E-state index contributed by atoms with van der Waals surface area (Å²) in [6, 6.07) is 12.2. The van der Waals surface area contributed by atoms with Gasteiger partial charge in [-0.1, -0.05) is 24.3 Å². The molecule has 0 spiro atoms. The van der Waals surface area contributed by atoms with Crippen LogP contribution in [0, 0.1) is 13.8 Å². The molecule has 7 nitrogen and oxygen atoms in total. The molecule has 1 N–H and O–H groups in total. The van der Waals surface area contributed by atoms with Crippen molar-refractivity contribution in [2.24, 2.45) is 0 Å². The number of nitrogens with one attached hydrogen (secondary N) is 1. The lowest BCUT2D eigenvalue weighted by Crippen LogP contribution is -2.50. The van der Waals surface area contributed by atoms with E-state index >= 15 is 0 Å². The number of sulfonamides is 1. The number of carbonyl (C=O) groups is 1. The Labute approximate surface area is 197 Å². The zero-order chi connectivity index (χ0) is 23.4. The average molecular weight is 471 g/mol. The van der Waals surface area contributed by atoms with Gasteiger partial charge in [-0.2, -0.15) is 0 Å². The summed E-state index contributed by atoms with van der Waals surface area (Å²) < 4.78 is 28.9. The number of piperazine rings is 1. The Morgan fingerprint density at radius 2 is 1.52 bits per heavy atom. The highest BCUT2D eigenvalue weighted by Crippen LogP contribution is 2.24. The molecule has 0 atom stereocenters. The average Bonchev–Trinajstić information content (AvgIpc) is 3.33. The van der Waals surface area contributed by atoms with E-state index in [1.54, 1.807) is 43.3 Å². The maximum atomic E-state index is 13.3. The van der Waals surface area contributed by atoms with Crippen LogP contribution in [0.15, 0.2) is 47.4 Å². The Morgan fingerprint density at radius 3 is 2.21 bits per heavy atom. The summed E-state index contributed by atoms with van der Waals surface area (Å²) >= 11 is 0. The van der Waals surface area contributed by atoms with Crippen molar-refractivity contribution < 1.29 is 13.2 Å². The second-order valence-electron chi connectivity index (χ2n) is 9.10. The molecule has 2 aliphatic rings. The minimum absolute atomic E-state index is 0.131. The fourth-order valence-electron chi connectivity index (χ4n) is 4.59. The second-order valence-corrected chi connectivity index (χ2v) is 10.8. The number of aryl methyl sites for hydroxylation is 2. The normalized spacial score (nSPS) is 17.9. The molecular formula is C25H34N4O3S. The number of anilines is 1. The summed E-state index contributed by atoms with van der Waals surface area (Å²) in [6.07, 6.45) is 2.60. The second kappa shape index (κ2) is 10.2. The Morgan fingerprint density at radius 1 is 0.879 bits per heavy atom. The first kappa shape index (κ1) is 23.7. The van der Waals surface area contributed by atoms with Crippen LogP contribution in [0.2, 0.25) is 0 Å². The van der Waals surface area contributed by atoms with Crippen molar-refractivity contribution in [2.75, 3.05) is 57.1 Å². The number of benzene rings is 2. The first-order chi connectivity index (χ1) is 15.8. The first-order valence-electron chi connectivity index (χ1n) is 11.8.